The molecule has 0 saturated heterocycles. The molecular formula is C18H19N5O4. The maximum absolute atomic E-state index is 12.3. The summed E-state index contributed by atoms with van der Waals surface area (Å²) in [5.74, 6) is 1.88. The Morgan fingerprint density at radius 2 is 1.96 bits per heavy atom. The van der Waals surface area contributed by atoms with E-state index in [0.29, 0.717) is 26.1 Å². The highest BCUT2D eigenvalue weighted by Crippen LogP contribution is 2.12. The van der Waals surface area contributed by atoms with E-state index >= 15 is 0 Å². The van der Waals surface area contributed by atoms with Crippen LogP contribution in [0, 0.1) is 0 Å². The fourth-order valence-electron chi connectivity index (χ4n) is 2.89. The van der Waals surface area contributed by atoms with Crippen molar-refractivity contribution in [2.24, 2.45) is 0 Å². The zero-order valence-electron chi connectivity index (χ0n) is 14.6. The van der Waals surface area contributed by atoms with Crippen molar-refractivity contribution in [3.8, 4) is 0 Å². The zero-order valence-corrected chi connectivity index (χ0v) is 14.6. The molecule has 0 bridgehead atoms. The van der Waals surface area contributed by atoms with Gasteiger partial charge in [-0.25, -0.2) is 9.67 Å². The quantitative estimate of drug-likeness (QED) is 0.691. The van der Waals surface area contributed by atoms with Gasteiger partial charge in [-0.15, -0.1) is 0 Å². The van der Waals surface area contributed by atoms with Gasteiger partial charge in [0.25, 0.3) is 12.4 Å². The highest BCUT2D eigenvalue weighted by molar-refractivity contribution is 5.91. The summed E-state index contributed by atoms with van der Waals surface area (Å²) in [5, 5.41) is 15.1. The molecule has 1 aromatic carbocycles. The maximum Gasteiger partial charge on any atom is 0.292 e. The van der Waals surface area contributed by atoms with Crippen LogP contribution in [0.4, 0.5) is 0 Å². The summed E-state index contributed by atoms with van der Waals surface area (Å²) in [7, 11) is 0. The predicted molar refractivity (Wildman–Crippen MR) is 94.1 cm³/mol. The Bertz CT molecular complexity index is 851. The fraction of sp³-hybridized carbons (Fsp3) is 0.278. The van der Waals surface area contributed by atoms with Crippen molar-refractivity contribution in [2.45, 2.75) is 19.4 Å². The average Bonchev–Trinajstić information content (AvgIpc) is 3.30. The lowest BCUT2D eigenvalue weighted by atomic mass is 10.1. The van der Waals surface area contributed by atoms with E-state index in [4.69, 9.17) is 14.4 Å². The van der Waals surface area contributed by atoms with Crippen molar-refractivity contribution in [1.29, 1.82) is 0 Å². The maximum atomic E-state index is 12.3. The normalized spacial score (nSPS) is 13.1. The Balaban J connectivity index is 0.000000659. The van der Waals surface area contributed by atoms with E-state index in [2.05, 4.69) is 27.4 Å². The van der Waals surface area contributed by atoms with Crippen molar-refractivity contribution in [3.05, 3.63) is 65.6 Å². The molecule has 2 aromatic heterocycles. The molecule has 1 amide bonds. The van der Waals surface area contributed by atoms with Crippen LogP contribution in [0.3, 0.4) is 0 Å². The molecule has 0 atom stereocenters. The van der Waals surface area contributed by atoms with Gasteiger partial charge in [0.05, 0.1) is 12.7 Å². The largest absolute Gasteiger partial charge is 0.483 e. The lowest BCUT2D eigenvalue weighted by molar-refractivity contribution is -0.122. The molecule has 140 valence electrons. The Morgan fingerprint density at radius 3 is 2.67 bits per heavy atom. The van der Waals surface area contributed by atoms with Gasteiger partial charge in [-0.2, -0.15) is 5.10 Å². The number of aromatic nitrogens is 4. The predicted octanol–water partition coefficient (Wildman–Crippen LogP) is 1.26. The molecule has 0 unspecified atom stereocenters. The third kappa shape index (κ3) is 4.57. The van der Waals surface area contributed by atoms with E-state index in [0.717, 1.165) is 18.1 Å². The van der Waals surface area contributed by atoms with Gasteiger partial charge in [0, 0.05) is 32.0 Å². The van der Waals surface area contributed by atoms with E-state index in [1.165, 1.54) is 11.8 Å². The van der Waals surface area contributed by atoms with Crippen molar-refractivity contribution in [1.82, 2.24) is 24.8 Å². The minimum absolute atomic E-state index is 0.136. The summed E-state index contributed by atoms with van der Waals surface area (Å²) < 4.78 is 6.86. The molecular weight excluding hydrogens is 350 g/mol. The molecule has 1 N–H and O–H groups in total. The molecule has 0 aliphatic carbocycles. The van der Waals surface area contributed by atoms with Crippen LogP contribution < -0.4 is 0 Å². The number of nitrogens with zero attached hydrogens (tertiary/aromatic N) is 5. The summed E-state index contributed by atoms with van der Waals surface area (Å²) in [5.41, 5.74) is 1.19. The second-order valence-corrected chi connectivity index (χ2v) is 5.85. The Hall–Kier alpha value is -3.49. The monoisotopic (exact) mass is 369 g/mol. The second-order valence-electron chi connectivity index (χ2n) is 5.85. The highest BCUT2D eigenvalue weighted by atomic mass is 16.5. The third-order valence-electron chi connectivity index (χ3n) is 4.12. The van der Waals surface area contributed by atoms with E-state index < -0.39 is 0 Å². The number of amides is 1. The van der Waals surface area contributed by atoms with E-state index in [9.17, 15) is 4.79 Å². The van der Waals surface area contributed by atoms with Crippen molar-refractivity contribution >= 4 is 12.4 Å². The molecule has 0 saturated carbocycles. The number of hydrogen-bond acceptors (Lipinski definition) is 6. The second kappa shape index (κ2) is 8.75. The Labute approximate surface area is 155 Å². The van der Waals surface area contributed by atoms with Crippen molar-refractivity contribution in [3.63, 3.8) is 0 Å². The number of hydrogen-bond donors (Lipinski definition) is 1. The standard InChI is InChI=1S/C17H17N5O2.CH2O2/c23-17(14-6-8-18-24-14)21-9-7-16-19-15(20-22(16)11-10-21)12-13-4-2-1-3-5-13;2-1-3/h1-6,8H,7,9-12H2;1H,(H,2,3). The average molecular weight is 369 g/mol. The van der Waals surface area contributed by atoms with Crippen LogP contribution in [-0.2, 0) is 24.2 Å². The van der Waals surface area contributed by atoms with Crippen LogP contribution in [0.2, 0.25) is 0 Å². The Kier molecular flexibility index (Phi) is 5.93. The topological polar surface area (TPSA) is 114 Å². The summed E-state index contributed by atoms with van der Waals surface area (Å²) in [4.78, 5) is 27.1. The van der Waals surface area contributed by atoms with Crippen LogP contribution in [0.5, 0.6) is 0 Å². The van der Waals surface area contributed by atoms with Gasteiger partial charge < -0.3 is 14.5 Å². The van der Waals surface area contributed by atoms with Crippen molar-refractivity contribution in [2.75, 3.05) is 13.1 Å². The summed E-state index contributed by atoms with van der Waals surface area (Å²) >= 11 is 0. The van der Waals surface area contributed by atoms with Gasteiger partial charge >= 0.3 is 0 Å². The zero-order chi connectivity index (χ0) is 19.1. The smallest absolute Gasteiger partial charge is 0.292 e. The molecule has 9 heteroatoms. The molecule has 0 radical (unpaired) electrons. The van der Waals surface area contributed by atoms with E-state index in [1.54, 1.807) is 11.0 Å². The number of carbonyl (C=O) groups excluding carboxylic acids is 1. The van der Waals surface area contributed by atoms with Gasteiger partial charge in [0.1, 0.15) is 5.82 Å². The number of carbonyl (C=O) groups is 2. The fourth-order valence-corrected chi connectivity index (χ4v) is 2.89. The summed E-state index contributed by atoms with van der Waals surface area (Å²) in [6.45, 7) is 1.57. The lowest BCUT2D eigenvalue weighted by Crippen LogP contribution is -2.33. The first-order valence-electron chi connectivity index (χ1n) is 8.45. The van der Waals surface area contributed by atoms with Crippen LogP contribution in [0.1, 0.15) is 27.8 Å². The molecule has 3 heterocycles. The number of carboxylic acid groups (broad SMARTS) is 1. The molecule has 27 heavy (non-hydrogen) atoms. The van der Waals surface area contributed by atoms with Gasteiger partial charge in [-0.05, 0) is 5.56 Å². The van der Waals surface area contributed by atoms with Gasteiger partial charge in [-0.1, -0.05) is 35.5 Å². The van der Waals surface area contributed by atoms with E-state index in [-0.39, 0.29) is 18.1 Å². The lowest BCUT2D eigenvalue weighted by Gasteiger charge is -2.17. The molecule has 0 fully saturated rings. The molecule has 4 rings (SSSR count). The SMILES string of the molecule is O=C(c1ccno1)N1CCc2nc(Cc3ccccc3)nn2CC1.O=CO. The molecule has 3 aromatic rings. The summed E-state index contributed by atoms with van der Waals surface area (Å²) in [6, 6.07) is 11.8. The van der Waals surface area contributed by atoms with Crippen LogP contribution >= 0.6 is 0 Å². The molecule has 1 aliphatic heterocycles. The number of rotatable bonds is 3. The number of benzene rings is 1. The van der Waals surface area contributed by atoms with Crippen LogP contribution in [0.15, 0.2) is 47.1 Å². The molecule has 9 nitrogen and oxygen atoms in total. The van der Waals surface area contributed by atoms with Gasteiger partial charge in [0.15, 0.2) is 5.82 Å². The first-order chi connectivity index (χ1) is 13.2. The highest BCUT2D eigenvalue weighted by Gasteiger charge is 2.23. The first kappa shape index (κ1) is 18.3. The Morgan fingerprint density at radius 1 is 1.19 bits per heavy atom. The van der Waals surface area contributed by atoms with Crippen LogP contribution in [0.25, 0.3) is 0 Å². The van der Waals surface area contributed by atoms with Gasteiger partial charge in [-0.3, -0.25) is 9.59 Å². The minimum Gasteiger partial charge on any atom is -0.483 e. The third-order valence-corrected chi connectivity index (χ3v) is 4.12. The van der Waals surface area contributed by atoms with Gasteiger partial charge in [0.2, 0.25) is 5.76 Å². The molecule has 1 aliphatic rings. The summed E-state index contributed by atoms with van der Waals surface area (Å²) in [6.07, 6.45) is 2.89. The van der Waals surface area contributed by atoms with Crippen molar-refractivity contribution < 1.29 is 19.2 Å². The minimum atomic E-state index is -0.250. The number of fused-ring (bicyclic) bond motifs is 1. The molecule has 0 spiro atoms. The first-order valence-corrected chi connectivity index (χ1v) is 8.45. The van der Waals surface area contributed by atoms with E-state index in [1.807, 2.05) is 22.9 Å². The van der Waals surface area contributed by atoms with Crippen LogP contribution in [-0.4, -0.2) is 55.4 Å².